The van der Waals surface area contributed by atoms with Crippen LogP contribution in [-0.2, 0) is 9.59 Å². The predicted octanol–water partition coefficient (Wildman–Crippen LogP) is -3.40. The van der Waals surface area contributed by atoms with Crippen LogP contribution >= 0.6 is 31.9 Å². The Kier molecular flexibility index (Phi) is 7.88. The molecule has 0 radical (unpaired) electrons. The Morgan fingerprint density at radius 3 is 1.39 bits per heavy atom. The Bertz CT molecular complexity index is 391. The van der Waals surface area contributed by atoms with E-state index in [1.165, 1.54) is 65.6 Å². The number of aliphatic hydroxyl groups is 2. The number of hydrogen-bond acceptors (Lipinski definition) is 6. The van der Waals surface area contributed by atoms with Crippen LogP contribution in [0.15, 0.2) is 0 Å². The van der Waals surface area contributed by atoms with Crippen LogP contribution in [-0.4, -0.2) is 99.9 Å². The molecule has 2 aliphatic heterocycles. The number of carbonyl (C=O) groups is 2. The summed E-state index contributed by atoms with van der Waals surface area (Å²) >= 11 is 7.16. The lowest BCUT2D eigenvalue weighted by Crippen LogP contribution is -2.51. The number of rotatable bonds is 7. The molecule has 2 heterocycles. The molecule has 0 amide bonds. The number of carboxylic acid groups (broad SMARTS) is 2. The van der Waals surface area contributed by atoms with Crippen molar-refractivity contribution in [2.45, 2.75) is 12.2 Å². The van der Waals surface area contributed by atoms with Gasteiger partial charge in [0, 0.05) is 0 Å². The van der Waals surface area contributed by atoms with Gasteiger partial charge >= 0.3 is 0 Å². The lowest BCUT2D eigenvalue weighted by Gasteiger charge is -2.26. The van der Waals surface area contributed by atoms with Crippen LogP contribution in [0.25, 0.3) is 0 Å². The molecular weight excluding hydrogens is 440 g/mol. The maximum absolute atomic E-state index is 9.63. The lowest BCUT2D eigenvalue weighted by molar-refractivity contribution is -0.985. The maximum Gasteiger partial charge on any atom is 0.208 e. The second-order valence-electron chi connectivity index (χ2n) is 6.07. The Morgan fingerprint density at radius 1 is 0.870 bits per heavy atom. The van der Waals surface area contributed by atoms with Crippen LogP contribution in [0, 0.1) is 0 Å². The molecule has 0 aromatic rings. The van der Waals surface area contributed by atoms with Gasteiger partial charge in [-0.1, -0.05) is 31.9 Å². The molecule has 0 aliphatic carbocycles. The summed E-state index contributed by atoms with van der Waals surface area (Å²) in [7, 11) is 0. The standard InChI is InChI=1S/C9H18Br2N2.C4H6O6/c10-1-3-12-5-7-13(9-12,4-2-11)8-6-12;5-1(3(7)8)2(6)4(9)10/h1-9H2;1-2,5-6H,(H,7,8)(H,9,10)/q+2;/p-2/t;1-,2-/m.1/s1. The molecule has 0 spiro atoms. The Balaban J connectivity index is 0.000000241. The van der Waals surface area contributed by atoms with E-state index in [-0.39, 0.29) is 0 Å². The van der Waals surface area contributed by atoms with Gasteiger partial charge in [-0.15, -0.1) is 0 Å². The van der Waals surface area contributed by atoms with Gasteiger partial charge in [0.05, 0.1) is 35.7 Å². The normalized spacial score (nSPS) is 31.1. The number of carboxylic acids is 2. The molecular formula is C13H22Br2N2O6. The smallest absolute Gasteiger partial charge is 0.208 e. The number of aliphatic hydroxyl groups excluding tert-OH is 2. The van der Waals surface area contributed by atoms with Gasteiger partial charge in [0.25, 0.3) is 0 Å². The van der Waals surface area contributed by atoms with Gasteiger partial charge in [-0.25, -0.2) is 0 Å². The number of fused-ring (bicyclic) bond motifs is 2. The maximum atomic E-state index is 9.63. The number of quaternary nitrogens is 2. The lowest BCUT2D eigenvalue weighted by atomic mass is 10.2. The fourth-order valence-corrected chi connectivity index (χ4v) is 4.70. The van der Waals surface area contributed by atoms with E-state index < -0.39 is 24.1 Å². The van der Waals surface area contributed by atoms with Crippen molar-refractivity contribution >= 4 is 43.8 Å². The molecule has 134 valence electrons. The van der Waals surface area contributed by atoms with Gasteiger partial charge in [0.1, 0.15) is 38.4 Å². The summed E-state index contributed by atoms with van der Waals surface area (Å²) in [6.45, 7) is 9.73. The number of alkyl halides is 2. The molecule has 8 nitrogen and oxygen atoms in total. The van der Waals surface area contributed by atoms with Gasteiger partial charge in [-0.05, 0) is 0 Å². The molecule has 2 atom stereocenters. The third-order valence-corrected chi connectivity index (χ3v) is 5.31. The predicted molar refractivity (Wildman–Crippen MR) is 84.2 cm³/mol. The molecule has 0 unspecified atom stereocenters. The molecule has 0 aromatic carbocycles. The van der Waals surface area contributed by atoms with Crippen LogP contribution in [0.1, 0.15) is 0 Å². The quantitative estimate of drug-likeness (QED) is 0.301. The largest absolute Gasteiger partial charge is 0.547 e. The first-order chi connectivity index (χ1) is 10.7. The highest BCUT2D eigenvalue weighted by molar-refractivity contribution is 9.09. The van der Waals surface area contributed by atoms with Gasteiger partial charge < -0.3 is 30.0 Å². The van der Waals surface area contributed by atoms with Crippen molar-refractivity contribution in [1.82, 2.24) is 0 Å². The van der Waals surface area contributed by atoms with E-state index >= 15 is 0 Å². The molecule has 2 aliphatic rings. The van der Waals surface area contributed by atoms with Crippen LogP contribution in [0.4, 0.5) is 0 Å². The van der Waals surface area contributed by atoms with Gasteiger partial charge in [-0.2, -0.15) is 0 Å². The molecule has 0 saturated carbocycles. The second-order valence-corrected chi connectivity index (χ2v) is 7.66. The first kappa shape index (κ1) is 20.8. The van der Waals surface area contributed by atoms with E-state index in [1.54, 1.807) is 0 Å². The molecule has 0 aromatic heterocycles. The zero-order chi connectivity index (χ0) is 17.7. The molecule has 2 saturated heterocycles. The Hall–Kier alpha value is -0.260. The highest BCUT2D eigenvalue weighted by atomic mass is 79.9. The number of piperazine rings is 1. The SMILES string of the molecule is BrCC[N+]12CC[N+](CCBr)(CC1)C2.O=C([O-])[C@H](O)[C@@H](O)C(=O)[O-]. The van der Waals surface area contributed by atoms with Gasteiger partial charge in [0.15, 0.2) is 0 Å². The minimum Gasteiger partial charge on any atom is -0.547 e. The van der Waals surface area contributed by atoms with Crippen molar-refractivity contribution in [2.24, 2.45) is 0 Å². The van der Waals surface area contributed by atoms with Crippen molar-refractivity contribution < 1.29 is 39.0 Å². The summed E-state index contributed by atoms with van der Waals surface area (Å²) in [5, 5.41) is 38.1. The van der Waals surface area contributed by atoms with E-state index in [4.69, 9.17) is 10.2 Å². The average molecular weight is 462 g/mol. The van der Waals surface area contributed by atoms with Crippen molar-refractivity contribution in [2.75, 3.05) is 56.6 Å². The Labute approximate surface area is 151 Å². The summed E-state index contributed by atoms with van der Waals surface area (Å²) in [6, 6.07) is 0. The van der Waals surface area contributed by atoms with E-state index in [1.807, 2.05) is 0 Å². The minimum absolute atomic E-state index is 1.17. The summed E-state index contributed by atoms with van der Waals surface area (Å²) in [4.78, 5) is 19.3. The highest BCUT2D eigenvalue weighted by Crippen LogP contribution is 2.31. The van der Waals surface area contributed by atoms with Gasteiger partial charge in [-0.3, -0.25) is 8.97 Å². The number of nitrogens with zero attached hydrogens (tertiary/aromatic N) is 2. The average Bonchev–Trinajstić information content (AvgIpc) is 3.02. The van der Waals surface area contributed by atoms with Crippen LogP contribution in [0.2, 0.25) is 0 Å². The number of aliphatic carboxylic acids is 2. The minimum atomic E-state index is -2.44. The van der Waals surface area contributed by atoms with Crippen LogP contribution in [0.3, 0.4) is 0 Å². The first-order valence-electron chi connectivity index (χ1n) is 7.31. The van der Waals surface area contributed by atoms with Crippen molar-refractivity contribution in [1.29, 1.82) is 0 Å². The zero-order valence-electron chi connectivity index (χ0n) is 12.7. The van der Waals surface area contributed by atoms with E-state index in [0.29, 0.717) is 0 Å². The van der Waals surface area contributed by atoms with Crippen LogP contribution in [0.5, 0.6) is 0 Å². The van der Waals surface area contributed by atoms with Crippen molar-refractivity contribution in [3.05, 3.63) is 0 Å². The third-order valence-electron chi connectivity index (χ3n) is 4.60. The number of hydrogen-bond donors (Lipinski definition) is 2. The first-order valence-corrected chi connectivity index (χ1v) is 9.55. The molecule has 10 heteroatoms. The van der Waals surface area contributed by atoms with E-state index in [0.717, 1.165) is 0 Å². The second kappa shape index (κ2) is 8.72. The topological polar surface area (TPSA) is 121 Å². The summed E-state index contributed by atoms with van der Waals surface area (Å²) in [5.74, 6) is -4.12. The summed E-state index contributed by atoms with van der Waals surface area (Å²) in [6.07, 6.45) is -4.88. The molecule has 2 bridgehead atoms. The monoisotopic (exact) mass is 460 g/mol. The molecule has 2 N–H and O–H groups in total. The van der Waals surface area contributed by atoms with Crippen molar-refractivity contribution in [3.8, 4) is 0 Å². The summed E-state index contributed by atoms with van der Waals surface area (Å²) < 4.78 is 2.77. The Morgan fingerprint density at radius 2 is 1.17 bits per heavy atom. The molecule has 2 fully saturated rings. The highest BCUT2D eigenvalue weighted by Gasteiger charge is 2.54. The van der Waals surface area contributed by atoms with E-state index in [2.05, 4.69) is 31.9 Å². The number of halogens is 2. The fraction of sp³-hybridized carbons (Fsp3) is 0.846. The number of carbonyl (C=O) groups excluding carboxylic acids is 2. The van der Waals surface area contributed by atoms with E-state index in [9.17, 15) is 19.8 Å². The molecule has 2 rings (SSSR count). The zero-order valence-corrected chi connectivity index (χ0v) is 15.9. The fourth-order valence-electron chi connectivity index (χ4n) is 3.20. The molecule has 23 heavy (non-hydrogen) atoms. The van der Waals surface area contributed by atoms with Gasteiger partial charge in [0.2, 0.25) is 6.67 Å². The van der Waals surface area contributed by atoms with Crippen molar-refractivity contribution in [3.63, 3.8) is 0 Å². The third kappa shape index (κ3) is 5.36. The van der Waals surface area contributed by atoms with Crippen LogP contribution < -0.4 is 10.2 Å². The summed E-state index contributed by atoms with van der Waals surface area (Å²) in [5.41, 5.74) is 0.